The van der Waals surface area contributed by atoms with Crippen molar-refractivity contribution in [1.29, 1.82) is 5.26 Å². The highest BCUT2D eigenvalue weighted by atomic mass is 79.9. The van der Waals surface area contributed by atoms with Gasteiger partial charge < -0.3 is 9.13 Å². The summed E-state index contributed by atoms with van der Waals surface area (Å²) in [4.78, 5) is 3.74. The average molecular weight is 551 g/mol. The first-order valence-electron chi connectivity index (χ1n) is 12.2. The lowest BCUT2D eigenvalue weighted by atomic mass is 10.1. The van der Waals surface area contributed by atoms with E-state index in [4.69, 9.17) is 6.57 Å². The van der Waals surface area contributed by atoms with Crippen molar-refractivity contribution >= 4 is 65.2 Å². The Morgan fingerprint density at radius 2 is 1.24 bits per heavy atom. The van der Waals surface area contributed by atoms with Gasteiger partial charge in [0.15, 0.2) is 0 Å². The predicted molar refractivity (Wildman–Crippen MR) is 159 cm³/mol. The molecule has 0 aliphatic heterocycles. The van der Waals surface area contributed by atoms with Crippen LogP contribution in [-0.2, 0) is 0 Å². The quantitative estimate of drug-likeness (QED) is 0.197. The zero-order valence-electron chi connectivity index (χ0n) is 20.4. The number of halogens is 1. The Morgan fingerprint density at radius 3 is 1.87 bits per heavy atom. The molecule has 0 aliphatic rings. The van der Waals surface area contributed by atoms with E-state index in [1.807, 2.05) is 36.4 Å². The van der Waals surface area contributed by atoms with Gasteiger partial charge in [-0.2, -0.15) is 5.26 Å². The normalized spacial score (nSPS) is 11.4. The van der Waals surface area contributed by atoms with Gasteiger partial charge in [0.25, 0.3) is 0 Å². The van der Waals surface area contributed by atoms with Crippen molar-refractivity contribution in [1.82, 2.24) is 9.13 Å². The van der Waals surface area contributed by atoms with Crippen LogP contribution in [0.15, 0.2) is 102 Å². The number of nitriles is 1. The standard InChI is InChI=1S/C33H19BrN4/c1-20-11-13-30-25(15-20)23-7-3-5-9-28(23)37(30)32-16-21(19-35)27(36-2)18-33(32)38-29-10-6-4-8-24(29)26-17-22(34)12-14-31(26)38/h3-18H,1H3. The number of para-hydroxylation sites is 2. The summed E-state index contributed by atoms with van der Waals surface area (Å²) in [5, 5.41) is 14.6. The zero-order valence-corrected chi connectivity index (χ0v) is 22.0. The third-order valence-corrected chi connectivity index (χ3v) is 7.77. The molecule has 0 saturated heterocycles. The highest BCUT2D eigenvalue weighted by molar-refractivity contribution is 9.10. The van der Waals surface area contributed by atoms with Crippen LogP contribution in [0.4, 0.5) is 5.69 Å². The highest BCUT2D eigenvalue weighted by Crippen LogP contribution is 2.41. The zero-order chi connectivity index (χ0) is 26.0. The van der Waals surface area contributed by atoms with Crippen LogP contribution in [0.1, 0.15) is 11.1 Å². The molecule has 5 heteroatoms. The van der Waals surface area contributed by atoms with E-state index >= 15 is 0 Å². The Balaban J connectivity index is 1.71. The summed E-state index contributed by atoms with van der Waals surface area (Å²) < 4.78 is 5.46. The minimum absolute atomic E-state index is 0.339. The Labute approximate surface area is 227 Å². The van der Waals surface area contributed by atoms with Crippen LogP contribution < -0.4 is 0 Å². The molecule has 7 rings (SSSR count). The van der Waals surface area contributed by atoms with Crippen LogP contribution >= 0.6 is 15.9 Å². The summed E-state index contributed by atoms with van der Waals surface area (Å²) in [5.41, 5.74) is 7.78. The van der Waals surface area contributed by atoms with E-state index in [0.717, 1.165) is 59.5 Å². The number of aromatic nitrogens is 2. The fourth-order valence-corrected chi connectivity index (χ4v) is 6.02. The minimum Gasteiger partial charge on any atom is -0.308 e. The van der Waals surface area contributed by atoms with Gasteiger partial charge in [0.05, 0.1) is 51.6 Å². The van der Waals surface area contributed by atoms with Gasteiger partial charge in [0, 0.05) is 26.0 Å². The van der Waals surface area contributed by atoms with E-state index in [1.165, 1.54) is 5.56 Å². The molecule has 0 unspecified atom stereocenters. The van der Waals surface area contributed by atoms with Crippen molar-refractivity contribution in [3.05, 3.63) is 124 Å². The molecular formula is C33H19BrN4. The molecule has 0 radical (unpaired) electrons. The van der Waals surface area contributed by atoms with Gasteiger partial charge in [-0.15, -0.1) is 0 Å². The summed E-state index contributed by atoms with van der Waals surface area (Å²) >= 11 is 3.64. The third-order valence-electron chi connectivity index (χ3n) is 7.28. The van der Waals surface area contributed by atoms with E-state index in [2.05, 4.69) is 104 Å². The lowest BCUT2D eigenvalue weighted by molar-refractivity contribution is 1.09. The molecule has 178 valence electrons. The van der Waals surface area contributed by atoms with Gasteiger partial charge in [0.2, 0.25) is 5.69 Å². The first-order chi connectivity index (χ1) is 18.6. The van der Waals surface area contributed by atoms with Gasteiger partial charge in [-0.3, -0.25) is 0 Å². The average Bonchev–Trinajstić information content (AvgIpc) is 3.44. The molecule has 7 aromatic rings. The summed E-state index contributed by atoms with van der Waals surface area (Å²) in [7, 11) is 0. The molecular weight excluding hydrogens is 532 g/mol. The van der Waals surface area contributed by atoms with E-state index < -0.39 is 0 Å². The van der Waals surface area contributed by atoms with E-state index in [-0.39, 0.29) is 0 Å². The molecule has 0 saturated carbocycles. The molecule has 0 N–H and O–H groups in total. The van der Waals surface area contributed by atoms with Crippen molar-refractivity contribution in [2.45, 2.75) is 6.92 Å². The molecule has 38 heavy (non-hydrogen) atoms. The van der Waals surface area contributed by atoms with Gasteiger partial charge in [-0.1, -0.05) is 64.0 Å². The van der Waals surface area contributed by atoms with Crippen LogP contribution in [0.3, 0.4) is 0 Å². The monoisotopic (exact) mass is 550 g/mol. The Morgan fingerprint density at radius 1 is 0.684 bits per heavy atom. The summed E-state index contributed by atoms with van der Waals surface area (Å²) in [6.07, 6.45) is 0. The van der Waals surface area contributed by atoms with Gasteiger partial charge >= 0.3 is 0 Å². The molecule has 0 fully saturated rings. The first-order valence-corrected chi connectivity index (χ1v) is 13.0. The number of benzene rings is 5. The minimum atomic E-state index is 0.339. The molecule has 5 aromatic carbocycles. The molecule has 2 heterocycles. The second-order valence-electron chi connectivity index (χ2n) is 9.47. The molecule has 2 aromatic heterocycles. The summed E-state index contributed by atoms with van der Waals surface area (Å²) in [6.45, 7) is 9.95. The molecule has 0 spiro atoms. The SMILES string of the molecule is [C-]#[N+]c1cc(-n2c3ccccc3c3cc(Br)ccc32)c(-n2c3ccccc3c3cc(C)ccc32)cc1C#N. The fourth-order valence-electron chi connectivity index (χ4n) is 5.66. The topological polar surface area (TPSA) is 38.0 Å². The second-order valence-corrected chi connectivity index (χ2v) is 10.4. The second kappa shape index (κ2) is 8.35. The molecule has 0 amide bonds. The maximum atomic E-state index is 10.0. The lowest BCUT2D eigenvalue weighted by Gasteiger charge is -2.18. The predicted octanol–water partition coefficient (Wildman–Crippen LogP) is 9.37. The van der Waals surface area contributed by atoms with Crippen LogP contribution in [0.25, 0.3) is 59.8 Å². The van der Waals surface area contributed by atoms with E-state index in [0.29, 0.717) is 11.3 Å². The van der Waals surface area contributed by atoms with Gasteiger partial charge in [-0.25, -0.2) is 4.85 Å². The molecule has 0 atom stereocenters. The summed E-state index contributed by atoms with van der Waals surface area (Å²) in [5.74, 6) is 0. The maximum absolute atomic E-state index is 10.0. The smallest absolute Gasteiger partial charge is 0.206 e. The fraction of sp³-hybridized carbons (Fsp3) is 0.0303. The van der Waals surface area contributed by atoms with Crippen molar-refractivity contribution in [3.8, 4) is 17.4 Å². The van der Waals surface area contributed by atoms with E-state index in [1.54, 1.807) is 0 Å². The Hall–Kier alpha value is -4.84. The van der Waals surface area contributed by atoms with Crippen molar-refractivity contribution in [2.75, 3.05) is 0 Å². The largest absolute Gasteiger partial charge is 0.308 e. The number of rotatable bonds is 2. The number of hydrogen-bond acceptors (Lipinski definition) is 1. The Kier molecular flexibility index (Phi) is 4.91. The highest BCUT2D eigenvalue weighted by Gasteiger charge is 2.21. The lowest BCUT2D eigenvalue weighted by Crippen LogP contribution is -2.04. The number of hydrogen-bond donors (Lipinski definition) is 0. The molecule has 0 bridgehead atoms. The summed E-state index contributed by atoms with van der Waals surface area (Å²) in [6, 6.07) is 35.4. The van der Waals surface area contributed by atoms with Crippen LogP contribution in [0, 0.1) is 24.8 Å². The van der Waals surface area contributed by atoms with E-state index in [9.17, 15) is 5.26 Å². The molecule has 4 nitrogen and oxygen atoms in total. The van der Waals surface area contributed by atoms with Crippen LogP contribution in [0.2, 0.25) is 0 Å². The van der Waals surface area contributed by atoms with Crippen molar-refractivity contribution < 1.29 is 0 Å². The number of fused-ring (bicyclic) bond motifs is 6. The number of aryl methyl sites for hydroxylation is 1. The van der Waals surface area contributed by atoms with Crippen molar-refractivity contribution in [3.63, 3.8) is 0 Å². The van der Waals surface area contributed by atoms with Gasteiger partial charge in [-0.05, 0) is 61.5 Å². The molecule has 0 aliphatic carbocycles. The van der Waals surface area contributed by atoms with Crippen LogP contribution in [0.5, 0.6) is 0 Å². The first kappa shape index (κ1) is 22.4. The Bertz CT molecular complexity index is 2030. The maximum Gasteiger partial charge on any atom is 0.206 e. The van der Waals surface area contributed by atoms with Crippen molar-refractivity contribution in [2.24, 2.45) is 0 Å². The van der Waals surface area contributed by atoms with Crippen LogP contribution in [-0.4, -0.2) is 9.13 Å². The van der Waals surface area contributed by atoms with Gasteiger partial charge in [0.1, 0.15) is 0 Å². The number of nitrogens with zero attached hydrogens (tertiary/aromatic N) is 4. The third kappa shape index (κ3) is 3.13.